The summed E-state index contributed by atoms with van der Waals surface area (Å²) >= 11 is 2.01. The van der Waals surface area contributed by atoms with Crippen molar-refractivity contribution >= 4 is 21.6 Å². The molecule has 6 rings (SSSR count). The van der Waals surface area contributed by atoms with Crippen LogP contribution in [0.25, 0.3) is 0 Å². The highest BCUT2D eigenvalue weighted by molar-refractivity contribution is 8.00. The van der Waals surface area contributed by atoms with Crippen molar-refractivity contribution in [3.05, 3.63) is 162 Å². The van der Waals surface area contributed by atoms with Crippen LogP contribution in [0.3, 0.4) is 0 Å². The Balaban J connectivity index is 1.09. The van der Waals surface area contributed by atoms with Crippen LogP contribution in [0.1, 0.15) is 22.3 Å². The molecule has 4 aromatic carbocycles. The van der Waals surface area contributed by atoms with Gasteiger partial charge in [0.05, 0.1) is 5.54 Å². The molecule has 0 aliphatic carbocycles. The van der Waals surface area contributed by atoms with Crippen LogP contribution in [-0.2, 0) is 21.8 Å². The van der Waals surface area contributed by atoms with Crippen LogP contribution in [0, 0.1) is 0 Å². The van der Waals surface area contributed by atoms with Gasteiger partial charge in [-0.15, -0.1) is 11.8 Å². The van der Waals surface area contributed by atoms with Crippen LogP contribution in [-0.4, -0.2) is 55.0 Å². The third kappa shape index (κ3) is 7.15. The molecule has 0 saturated carbocycles. The molecule has 5 aromatic rings. The zero-order chi connectivity index (χ0) is 31.0. The smallest absolute Gasteiger partial charge is 0.208 e. The molecule has 1 N–H and O–H groups in total. The SMILES string of the molecule is O=S(=O)(CNCCOc1ccc(CC2CN(C(c3ccccc3)(c3ccccc3)c3ccccc3)CS2)cc1)c1ccccn1. The lowest BCUT2D eigenvalue weighted by Crippen LogP contribution is -2.47. The number of nitrogens with zero attached hydrogens (tertiary/aromatic N) is 2. The van der Waals surface area contributed by atoms with Gasteiger partial charge >= 0.3 is 0 Å². The first-order chi connectivity index (χ1) is 22.1. The zero-order valence-electron chi connectivity index (χ0n) is 25.0. The largest absolute Gasteiger partial charge is 0.492 e. The van der Waals surface area contributed by atoms with E-state index in [0.717, 1.165) is 24.6 Å². The van der Waals surface area contributed by atoms with Gasteiger partial charge in [-0.2, -0.15) is 0 Å². The summed E-state index contributed by atoms with van der Waals surface area (Å²) in [5, 5.41) is 3.46. The third-order valence-corrected chi connectivity index (χ3v) is 10.8. The molecule has 8 heteroatoms. The second kappa shape index (κ2) is 14.4. The molecule has 2 heterocycles. The maximum atomic E-state index is 12.4. The van der Waals surface area contributed by atoms with Crippen molar-refractivity contribution in [1.29, 1.82) is 0 Å². The van der Waals surface area contributed by atoms with Crippen LogP contribution in [0.15, 0.2) is 145 Å². The number of nitrogens with one attached hydrogen (secondary N) is 1. The van der Waals surface area contributed by atoms with Crippen molar-refractivity contribution < 1.29 is 13.2 Å². The molecule has 1 fully saturated rings. The number of aromatic nitrogens is 1. The molecule has 1 saturated heterocycles. The first-order valence-electron chi connectivity index (χ1n) is 15.2. The Morgan fingerprint density at radius 1 is 0.778 bits per heavy atom. The molecule has 0 radical (unpaired) electrons. The van der Waals surface area contributed by atoms with Crippen LogP contribution >= 0.6 is 11.8 Å². The Morgan fingerprint density at radius 3 is 1.91 bits per heavy atom. The van der Waals surface area contributed by atoms with Gasteiger partial charge in [0, 0.05) is 30.4 Å². The second-order valence-corrected chi connectivity index (χ2v) is 14.3. The summed E-state index contributed by atoms with van der Waals surface area (Å²) in [4.78, 5) is 6.58. The van der Waals surface area contributed by atoms with Gasteiger partial charge in [-0.1, -0.05) is 109 Å². The van der Waals surface area contributed by atoms with E-state index in [1.807, 2.05) is 23.9 Å². The number of hydrogen-bond acceptors (Lipinski definition) is 7. The molecule has 0 amide bonds. The van der Waals surface area contributed by atoms with E-state index in [0.29, 0.717) is 18.4 Å². The molecule has 1 atom stereocenters. The third-order valence-electron chi connectivity index (χ3n) is 8.12. The highest BCUT2D eigenvalue weighted by Gasteiger charge is 2.45. The van der Waals surface area contributed by atoms with Crippen molar-refractivity contribution in [2.24, 2.45) is 0 Å². The lowest BCUT2D eigenvalue weighted by Gasteiger charge is -2.43. The monoisotopic (exact) mass is 635 g/mol. The van der Waals surface area contributed by atoms with E-state index in [9.17, 15) is 8.42 Å². The standard InChI is InChI=1S/C37H37N3O3S2/c41-45(42,36-18-10-11-23-39-36)28-38-24-25-43-34-21-19-30(20-22-34)26-35-27-40(29-44-35)37(31-12-4-1-5-13-31,32-14-6-2-7-15-32)33-16-8-3-9-17-33/h1-23,35,38H,24-29H2. The van der Waals surface area contributed by atoms with Gasteiger partial charge in [-0.3, -0.25) is 10.2 Å². The van der Waals surface area contributed by atoms with Crippen molar-refractivity contribution in [2.45, 2.75) is 22.2 Å². The van der Waals surface area contributed by atoms with E-state index in [1.165, 1.54) is 34.5 Å². The molecular weight excluding hydrogens is 599 g/mol. The molecule has 0 bridgehead atoms. The average molecular weight is 636 g/mol. The van der Waals surface area contributed by atoms with Crippen molar-refractivity contribution in [2.75, 3.05) is 31.4 Å². The number of sulfone groups is 1. The van der Waals surface area contributed by atoms with E-state index >= 15 is 0 Å². The molecule has 0 spiro atoms. The van der Waals surface area contributed by atoms with Crippen molar-refractivity contribution in [1.82, 2.24) is 15.2 Å². The summed E-state index contributed by atoms with van der Waals surface area (Å²) < 4.78 is 30.6. The number of hydrogen-bond donors (Lipinski definition) is 1. The van der Waals surface area contributed by atoms with Gasteiger partial charge in [0.2, 0.25) is 9.84 Å². The predicted octanol–water partition coefficient (Wildman–Crippen LogP) is 6.39. The number of pyridine rings is 1. The summed E-state index contributed by atoms with van der Waals surface area (Å²) in [6, 6.07) is 45.8. The predicted molar refractivity (Wildman–Crippen MR) is 182 cm³/mol. The minimum absolute atomic E-state index is 0.0726. The maximum absolute atomic E-state index is 12.4. The number of benzene rings is 4. The van der Waals surface area contributed by atoms with E-state index in [1.54, 1.807) is 12.1 Å². The summed E-state index contributed by atoms with van der Waals surface area (Å²) in [5.41, 5.74) is 4.69. The van der Waals surface area contributed by atoms with Crippen LogP contribution < -0.4 is 10.1 Å². The van der Waals surface area contributed by atoms with Crippen LogP contribution in [0.5, 0.6) is 5.75 Å². The Kier molecular flexibility index (Phi) is 9.96. The summed E-state index contributed by atoms with van der Waals surface area (Å²) in [6.45, 7) is 1.73. The first-order valence-corrected chi connectivity index (χ1v) is 17.9. The highest BCUT2D eigenvalue weighted by Crippen LogP contribution is 2.46. The fourth-order valence-corrected chi connectivity index (χ4v) is 8.38. The number of ether oxygens (including phenoxy) is 1. The van der Waals surface area contributed by atoms with E-state index in [2.05, 4.69) is 118 Å². The molecular formula is C37H37N3O3S2. The minimum Gasteiger partial charge on any atom is -0.492 e. The van der Waals surface area contributed by atoms with Crippen molar-refractivity contribution in [3.8, 4) is 5.75 Å². The molecule has 1 aliphatic heterocycles. The molecule has 6 nitrogen and oxygen atoms in total. The molecule has 1 aromatic heterocycles. The van der Waals surface area contributed by atoms with Crippen LogP contribution in [0.4, 0.5) is 0 Å². The van der Waals surface area contributed by atoms with E-state index in [4.69, 9.17) is 4.74 Å². The zero-order valence-corrected chi connectivity index (χ0v) is 26.7. The molecule has 1 unspecified atom stereocenters. The van der Waals surface area contributed by atoms with Gasteiger partial charge in [-0.05, 0) is 52.9 Å². The fraction of sp³-hybridized carbons (Fsp3) is 0.216. The Bertz CT molecular complexity index is 1640. The highest BCUT2D eigenvalue weighted by atomic mass is 32.2. The topological polar surface area (TPSA) is 71.5 Å². The van der Waals surface area contributed by atoms with Crippen molar-refractivity contribution in [3.63, 3.8) is 0 Å². The van der Waals surface area contributed by atoms with E-state index in [-0.39, 0.29) is 10.9 Å². The lowest BCUT2D eigenvalue weighted by atomic mass is 9.75. The molecule has 1 aliphatic rings. The lowest BCUT2D eigenvalue weighted by molar-refractivity contribution is 0.202. The minimum atomic E-state index is -3.47. The summed E-state index contributed by atoms with van der Waals surface area (Å²) in [5.74, 6) is 1.51. The molecule has 45 heavy (non-hydrogen) atoms. The maximum Gasteiger partial charge on any atom is 0.208 e. The second-order valence-electron chi connectivity index (χ2n) is 11.1. The first kappa shape index (κ1) is 31.0. The van der Waals surface area contributed by atoms with Gasteiger partial charge in [-0.25, -0.2) is 13.4 Å². The van der Waals surface area contributed by atoms with Gasteiger partial charge < -0.3 is 4.74 Å². The Morgan fingerprint density at radius 2 is 1.36 bits per heavy atom. The van der Waals surface area contributed by atoms with Gasteiger partial charge in [0.15, 0.2) is 5.03 Å². The van der Waals surface area contributed by atoms with Gasteiger partial charge in [0.25, 0.3) is 0 Å². The Hall–Kier alpha value is -3.95. The fourth-order valence-electron chi connectivity index (χ4n) is 6.03. The quantitative estimate of drug-likeness (QED) is 0.119. The average Bonchev–Trinajstić information content (AvgIpc) is 3.56. The summed E-state index contributed by atoms with van der Waals surface area (Å²) in [6.07, 6.45) is 2.44. The van der Waals surface area contributed by atoms with Crippen LogP contribution in [0.2, 0.25) is 0 Å². The summed E-state index contributed by atoms with van der Waals surface area (Å²) in [7, 11) is -3.47. The number of thioether (sulfide) groups is 1. The van der Waals surface area contributed by atoms with Gasteiger partial charge in [0.1, 0.15) is 18.2 Å². The van der Waals surface area contributed by atoms with E-state index < -0.39 is 15.4 Å². The number of rotatable bonds is 13. The molecule has 230 valence electrons. The Labute approximate surface area is 270 Å². The normalized spacial score (nSPS) is 15.6.